The van der Waals surface area contributed by atoms with Gasteiger partial charge in [-0.05, 0) is 37.6 Å². The maximum absolute atomic E-state index is 5.74. The van der Waals surface area contributed by atoms with Gasteiger partial charge in [0.15, 0.2) is 0 Å². The molecule has 1 N–H and O–H groups in total. The molecule has 0 fully saturated rings. The van der Waals surface area contributed by atoms with Crippen LogP contribution in [-0.2, 0) is 11.2 Å². The van der Waals surface area contributed by atoms with Crippen LogP contribution in [0.5, 0.6) is 0 Å². The van der Waals surface area contributed by atoms with Gasteiger partial charge < -0.3 is 10.1 Å². The van der Waals surface area contributed by atoms with Crippen molar-refractivity contribution in [3.63, 3.8) is 0 Å². The van der Waals surface area contributed by atoms with Gasteiger partial charge in [0.05, 0.1) is 5.69 Å². The van der Waals surface area contributed by atoms with Gasteiger partial charge in [-0.1, -0.05) is 27.7 Å². The van der Waals surface area contributed by atoms with E-state index in [2.05, 4.69) is 33.0 Å². The molecular weight excluding hydrogens is 280 g/mol. The second-order valence-electron chi connectivity index (χ2n) is 7.14. The maximum Gasteiger partial charge on any atom is 0.123 e. The number of nitrogens with zero attached hydrogens (tertiary/aromatic N) is 1. The highest BCUT2D eigenvalue weighted by molar-refractivity contribution is 7.11. The van der Waals surface area contributed by atoms with E-state index in [0.29, 0.717) is 5.92 Å². The predicted octanol–water partition coefficient (Wildman–Crippen LogP) is 4.30. The van der Waals surface area contributed by atoms with Crippen molar-refractivity contribution >= 4 is 11.3 Å². The Hall–Kier alpha value is -0.450. The molecule has 1 aromatic heterocycles. The first-order valence-electron chi connectivity index (χ1n) is 8.20. The molecule has 0 saturated carbocycles. The first-order chi connectivity index (χ1) is 9.97. The normalized spacial score (nSPS) is 20.3. The Morgan fingerprint density at radius 1 is 1.43 bits per heavy atom. The minimum absolute atomic E-state index is 0.0884. The molecule has 0 amide bonds. The molecule has 1 aromatic rings. The third-order valence-corrected chi connectivity index (χ3v) is 5.33. The van der Waals surface area contributed by atoms with Crippen molar-refractivity contribution in [2.75, 3.05) is 20.2 Å². The molecule has 0 bridgehead atoms. The Labute approximate surface area is 133 Å². The fraction of sp³-hybridized carbons (Fsp3) is 0.824. The van der Waals surface area contributed by atoms with Crippen molar-refractivity contribution in [2.24, 2.45) is 5.41 Å². The Bertz CT molecular complexity index is 450. The number of fused-ring (bicyclic) bond motifs is 1. The van der Waals surface area contributed by atoms with E-state index in [1.807, 2.05) is 11.3 Å². The van der Waals surface area contributed by atoms with Crippen LogP contribution in [0.1, 0.15) is 74.6 Å². The molecule has 4 heteroatoms. The molecule has 120 valence electrons. The molecule has 2 atom stereocenters. The molecule has 21 heavy (non-hydrogen) atoms. The average Bonchev–Trinajstić information content (AvgIpc) is 2.82. The quantitative estimate of drug-likeness (QED) is 0.796. The predicted molar refractivity (Wildman–Crippen MR) is 90.2 cm³/mol. The summed E-state index contributed by atoms with van der Waals surface area (Å²) < 4.78 is 5.74. The number of hydrogen-bond donors (Lipinski definition) is 1. The van der Waals surface area contributed by atoms with Gasteiger partial charge in [-0.25, -0.2) is 4.98 Å². The number of aryl methyl sites for hydroxylation is 1. The van der Waals surface area contributed by atoms with Gasteiger partial charge in [-0.2, -0.15) is 0 Å². The van der Waals surface area contributed by atoms with Crippen LogP contribution in [0.4, 0.5) is 0 Å². The zero-order valence-corrected chi connectivity index (χ0v) is 15.0. The third kappa shape index (κ3) is 4.05. The number of thiazole rings is 1. The van der Waals surface area contributed by atoms with Crippen LogP contribution < -0.4 is 5.32 Å². The van der Waals surface area contributed by atoms with Crippen molar-refractivity contribution in [1.82, 2.24) is 10.3 Å². The Balaban J connectivity index is 2.18. The highest BCUT2D eigenvalue weighted by atomic mass is 32.1. The topological polar surface area (TPSA) is 34.1 Å². The van der Waals surface area contributed by atoms with E-state index in [1.54, 1.807) is 7.11 Å². The van der Waals surface area contributed by atoms with E-state index in [0.717, 1.165) is 18.1 Å². The first kappa shape index (κ1) is 16.9. The summed E-state index contributed by atoms with van der Waals surface area (Å²) in [5.41, 5.74) is 1.43. The standard InChI is InChI=1S/C17H30N2OS/c1-6-10-18-11-12-8-7-9-13-14(12)19-16(21-13)15(20-5)17(2,3)4/h12,15,18H,6-11H2,1-5H3. The average molecular weight is 311 g/mol. The summed E-state index contributed by atoms with van der Waals surface area (Å²) in [7, 11) is 1.80. The van der Waals surface area contributed by atoms with Gasteiger partial charge in [0.1, 0.15) is 11.1 Å². The van der Waals surface area contributed by atoms with E-state index >= 15 is 0 Å². The lowest BCUT2D eigenvalue weighted by atomic mass is 9.89. The highest BCUT2D eigenvalue weighted by Crippen LogP contribution is 2.42. The number of hydrogen-bond acceptors (Lipinski definition) is 4. The number of aromatic nitrogens is 1. The van der Waals surface area contributed by atoms with Crippen molar-refractivity contribution in [3.05, 3.63) is 15.6 Å². The summed E-state index contributed by atoms with van der Waals surface area (Å²) in [6.07, 6.45) is 5.04. The van der Waals surface area contributed by atoms with Gasteiger partial charge in [0.25, 0.3) is 0 Å². The second kappa shape index (κ2) is 7.21. The first-order valence-corrected chi connectivity index (χ1v) is 9.02. The largest absolute Gasteiger partial charge is 0.374 e. The summed E-state index contributed by atoms with van der Waals surface area (Å²) in [5.74, 6) is 0.586. The number of ether oxygens (including phenoxy) is 1. The zero-order chi connectivity index (χ0) is 15.5. The molecule has 2 rings (SSSR count). The summed E-state index contributed by atoms with van der Waals surface area (Å²) in [4.78, 5) is 6.49. The molecule has 1 aliphatic rings. The van der Waals surface area contributed by atoms with Gasteiger partial charge in [0.2, 0.25) is 0 Å². The van der Waals surface area contributed by atoms with Crippen LogP contribution in [0.25, 0.3) is 0 Å². The monoisotopic (exact) mass is 310 g/mol. The lowest BCUT2D eigenvalue weighted by Gasteiger charge is -2.27. The molecule has 0 saturated heterocycles. The van der Waals surface area contributed by atoms with Gasteiger partial charge >= 0.3 is 0 Å². The molecule has 3 nitrogen and oxygen atoms in total. The van der Waals surface area contributed by atoms with E-state index in [4.69, 9.17) is 9.72 Å². The molecule has 2 unspecified atom stereocenters. The van der Waals surface area contributed by atoms with Crippen LogP contribution in [0.3, 0.4) is 0 Å². The van der Waals surface area contributed by atoms with Crippen LogP contribution in [-0.4, -0.2) is 25.2 Å². The van der Waals surface area contributed by atoms with Crippen molar-refractivity contribution in [3.8, 4) is 0 Å². The fourth-order valence-corrected chi connectivity index (χ4v) is 4.63. The molecular formula is C17H30N2OS. The Morgan fingerprint density at radius 3 is 2.81 bits per heavy atom. The summed E-state index contributed by atoms with van der Waals surface area (Å²) in [5, 5.41) is 4.73. The molecule has 1 aliphatic carbocycles. The minimum Gasteiger partial charge on any atom is -0.374 e. The smallest absolute Gasteiger partial charge is 0.123 e. The molecule has 0 radical (unpaired) electrons. The summed E-state index contributed by atoms with van der Waals surface area (Å²) in [6, 6.07) is 0. The van der Waals surface area contributed by atoms with Gasteiger partial charge in [-0.15, -0.1) is 11.3 Å². The number of methoxy groups -OCH3 is 1. The SMILES string of the molecule is CCCNCC1CCCc2sc(C(OC)C(C)(C)C)nc21. The fourth-order valence-electron chi connectivity index (χ4n) is 3.11. The second-order valence-corrected chi connectivity index (χ2v) is 8.25. The number of nitrogens with one attached hydrogen (secondary N) is 1. The van der Waals surface area contributed by atoms with Crippen LogP contribution in [0, 0.1) is 5.41 Å². The lowest BCUT2D eigenvalue weighted by molar-refractivity contribution is 0.0149. The lowest BCUT2D eigenvalue weighted by Crippen LogP contribution is -2.25. The van der Waals surface area contributed by atoms with Crippen molar-refractivity contribution < 1.29 is 4.74 Å². The van der Waals surface area contributed by atoms with Gasteiger partial charge in [0, 0.05) is 24.4 Å². The van der Waals surface area contributed by atoms with Crippen LogP contribution in [0.2, 0.25) is 0 Å². The summed E-state index contributed by atoms with van der Waals surface area (Å²) >= 11 is 1.87. The van der Waals surface area contributed by atoms with Crippen LogP contribution in [0.15, 0.2) is 0 Å². The molecule has 0 spiro atoms. The van der Waals surface area contributed by atoms with E-state index in [-0.39, 0.29) is 11.5 Å². The van der Waals surface area contributed by atoms with E-state index < -0.39 is 0 Å². The van der Waals surface area contributed by atoms with Gasteiger partial charge in [-0.3, -0.25) is 0 Å². The Kier molecular flexibility index (Phi) is 5.81. The highest BCUT2D eigenvalue weighted by Gasteiger charge is 2.32. The maximum atomic E-state index is 5.74. The molecule has 1 heterocycles. The number of rotatable bonds is 6. The Morgan fingerprint density at radius 2 is 2.19 bits per heavy atom. The van der Waals surface area contributed by atoms with E-state index in [1.165, 1.54) is 36.3 Å². The minimum atomic E-state index is 0.0884. The van der Waals surface area contributed by atoms with Crippen LogP contribution >= 0.6 is 11.3 Å². The van der Waals surface area contributed by atoms with E-state index in [9.17, 15) is 0 Å². The molecule has 0 aliphatic heterocycles. The molecule has 0 aromatic carbocycles. The summed E-state index contributed by atoms with van der Waals surface area (Å²) in [6.45, 7) is 11.1. The van der Waals surface area contributed by atoms with Crippen molar-refractivity contribution in [1.29, 1.82) is 0 Å². The van der Waals surface area contributed by atoms with Crippen molar-refractivity contribution in [2.45, 2.75) is 65.4 Å². The third-order valence-electron chi connectivity index (χ3n) is 4.15. The zero-order valence-electron chi connectivity index (χ0n) is 14.2.